The van der Waals surface area contributed by atoms with Crippen molar-refractivity contribution in [3.8, 4) is 5.88 Å². The van der Waals surface area contributed by atoms with Crippen molar-refractivity contribution in [3.63, 3.8) is 0 Å². The molecule has 1 aliphatic heterocycles. The van der Waals surface area contributed by atoms with Crippen LogP contribution in [0.3, 0.4) is 0 Å². The van der Waals surface area contributed by atoms with Crippen LogP contribution in [-0.4, -0.2) is 42.7 Å². The molecule has 112 valence electrons. The summed E-state index contributed by atoms with van der Waals surface area (Å²) in [6.07, 6.45) is 4.39. The molecule has 4 heteroatoms. The Balaban J connectivity index is 1.92. The Morgan fingerprint density at radius 1 is 1.45 bits per heavy atom. The van der Waals surface area contributed by atoms with Gasteiger partial charge in [-0.05, 0) is 37.4 Å². The summed E-state index contributed by atoms with van der Waals surface area (Å²) in [5.74, 6) is 1.43. The van der Waals surface area contributed by atoms with Gasteiger partial charge in [0.15, 0.2) is 0 Å². The van der Waals surface area contributed by atoms with Crippen LogP contribution in [0.1, 0.15) is 32.3 Å². The van der Waals surface area contributed by atoms with E-state index < -0.39 is 0 Å². The predicted octanol–water partition coefficient (Wildman–Crippen LogP) is 2.30. The standard InChI is InChI=1S/C16H27N3O/c1-13(2)9-15-12-19(8-4-7-17-15)11-14-5-6-16(20-3)18-10-14/h5-6,10,13,15,17H,4,7-9,11-12H2,1-3H3. The van der Waals surface area contributed by atoms with E-state index >= 15 is 0 Å². The van der Waals surface area contributed by atoms with Crippen molar-refractivity contribution in [3.05, 3.63) is 23.9 Å². The third kappa shape index (κ3) is 4.76. The number of rotatable bonds is 5. The lowest BCUT2D eigenvalue weighted by atomic mass is 10.0. The van der Waals surface area contributed by atoms with Crippen molar-refractivity contribution < 1.29 is 4.74 Å². The van der Waals surface area contributed by atoms with Gasteiger partial charge in [-0.15, -0.1) is 0 Å². The molecule has 1 fully saturated rings. The summed E-state index contributed by atoms with van der Waals surface area (Å²) in [5, 5.41) is 3.67. The molecular weight excluding hydrogens is 250 g/mol. The average molecular weight is 277 g/mol. The zero-order valence-electron chi connectivity index (χ0n) is 12.9. The minimum atomic E-state index is 0.615. The molecule has 0 radical (unpaired) electrons. The normalized spacial score (nSPS) is 20.9. The SMILES string of the molecule is COc1ccc(CN2CCCNC(CC(C)C)C2)cn1. The number of nitrogens with one attached hydrogen (secondary N) is 1. The molecule has 1 N–H and O–H groups in total. The van der Waals surface area contributed by atoms with Gasteiger partial charge in [0.25, 0.3) is 0 Å². The Kier molecular flexibility index (Phi) is 5.80. The molecule has 0 aliphatic carbocycles. The molecule has 1 saturated heterocycles. The van der Waals surface area contributed by atoms with Crippen LogP contribution in [0.2, 0.25) is 0 Å². The molecule has 1 aromatic heterocycles. The monoisotopic (exact) mass is 277 g/mol. The number of hydrogen-bond donors (Lipinski definition) is 1. The van der Waals surface area contributed by atoms with E-state index in [0.29, 0.717) is 11.9 Å². The number of hydrogen-bond acceptors (Lipinski definition) is 4. The summed E-state index contributed by atoms with van der Waals surface area (Å²) in [7, 11) is 1.65. The van der Waals surface area contributed by atoms with E-state index in [4.69, 9.17) is 4.74 Å². The zero-order chi connectivity index (χ0) is 14.4. The van der Waals surface area contributed by atoms with Crippen LogP contribution in [0.5, 0.6) is 5.88 Å². The molecule has 0 saturated carbocycles. The number of nitrogens with zero attached hydrogens (tertiary/aromatic N) is 2. The summed E-state index contributed by atoms with van der Waals surface area (Å²) in [5.41, 5.74) is 1.26. The zero-order valence-corrected chi connectivity index (χ0v) is 12.9. The third-order valence-corrected chi connectivity index (χ3v) is 3.73. The van der Waals surface area contributed by atoms with Crippen LogP contribution in [0.25, 0.3) is 0 Å². The number of aromatic nitrogens is 1. The summed E-state index contributed by atoms with van der Waals surface area (Å²) in [4.78, 5) is 6.83. The maximum atomic E-state index is 5.11. The fourth-order valence-corrected chi connectivity index (χ4v) is 2.83. The van der Waals surface area contributed by atoms with Crippen LogP contribution >= 0.6 is 0 Å². The molecule has 0 bridgehead atoms. The van der Waals surface area contributed by atoms with E-state index in [2.05, 4.69) is 35.1 Å². The first-order valence-corrected chi connectivity index (χ1v) is 7.62. The Bertz CT molecular complexity index is 391. The fourth-order valence-electron chi connectivity index (χ4n) is 2.83. The van der Waals surface area contributed by atoms with Gasteiger partial charge in [-0.25, -0.2) is 4.98 Å². The molecule has 0 aromatic carbocycles. The summed E-state index contributed by atoms with van der Waals surface area (Å²) in [6, 6.07) is 4.67. The van der Waals surface area contributed by atoms with Gasteiger partial charge in [0.2, 0.25) is 5.88 Å². The molecule has 4 nitrogen and oxygen atoms in total. The minimum absolute atomic E-state index is 0.615. The smallest absolute Gasteiger partial charge is 0.212 e. The van der Waals surface area contributed by atoms with Gasteiger partial charge in [0.05, 0.1) is 7.11 Å². The van der Waals surface area contributed by atoms with Crippen molar-refractivity contribution in [2.45, 2.75) is 39.3 Å². The highest BCUT2D eigenvalue weighted by Gasteiger charge is 2.18. The van der Waals surface area contributed by atoms with Gasteiger partial charge in [-0.1, -0.05) is 19.9 Å². The maximum Gasteiger partial charge on any atom is 0.212 e. The highest BCUT2D eigenvalue weighted by Crippen LogP contribution is 2.14. The molecule has 0 amide bonds. The van der Waals surface area contributed by atoms with Crippen molar-refractivity contribution >= 4 is 0 Å². The molecule has 1 atom stereocenters. The third-order valence-electron chi connectivity index (χ3n) is 3.73. The second-order valence-corrected chi connectivity index (χ2v) is 6.08. The van der Waals surface area contributed by atoms with Crippen LogP contribution in [-0.2, 0) is 6.54 Å². The van der Waals surface area contributed by atoms with Crippen LogP contribution in [0.4, 0.5) is 0 Å². The second kappa shape index (κ2) is 7.60. The summed E-state index contributed by atoms with van der Waals surface area (Å²) in [6.45, 7) is 8.99. The van der Waals surface area contributed by atoms with Gasteiger partial charge in [0.1, 0.15) is 0 Å². The molecule has 1 unspecified atom stereocenters. The summed E-state index contributed by atoms with van der Waals surface area (Å²) < 4.78 is 5.11. The van der Waals surface area contributed by atoms with Crippen LogP contribution in [0, 0.1) is 5.92 Å². The molecule has 0 spiro atoms. The molecule has 1 aliphatic rings. The fraction of sp³-hybridized carbons (Fsp3) is 0.688. The molecule has 1 aromatic rings. The second-order valence-electron chi connectivity index (χ2n) is 6.08. The lowest BCUT2D eigenvalue weighted by Gasteiger charge is -2.25. The highest BCUT2D eigenvalue weighted by atomic mass is 16.5. The first-order valence-electron chi connectivity index (χ1n) is 7.62. The largest absolute Gasteiger partial charge is 0.481 e. The predicted molar refractivity (Wildman–Crippen MR) is 81.9 cm³/mol. The average Bonchev–Trinajstić information content (AvgIpc) is 2.64. The van der Waals surface area contributed by atoms with E-state index in [1.807, 2.05) is 12.3 Å². The first-order chi connectivity index (χ1) is 9.67. The van der Waals surface area contributed by atoms with E-state index in [1.165, 1.54) is 18.4 Å². The topological polar surface area (TPSA) is 37.4 Å². The Morgan fingerprint density at radius 3 is 2.95 bits per heavy atom. The van der Waals surface area contributed by atoms with Crippen molar-refractivity contribution in [2.24, 2.45) is 5.92 Å². The number of methoxy groups -OCH3 is 1. The quantitative estimate of drug-likeness (QED) is 0.896. The number of ether oxygens (including phenoxy) is 1. The van der Waals surface area contributed by atoms with Gasteiger partial charge in [-0.3, -0.25) is 4.90 Å². The van der Waals surface area contributed by atoms with Crippen molar-refractivity contribution in [1.29, 1.82) is 0 Å². The Labute approximate surface area is 122 Å². The van der Waals surface area contributed by atoms with Crippen molar-refractivity contribution in [1.82, 2.24) is 15.2 Å². The molecule has 2 heterocycles. The van der Waals surface area contributed by atoms with E-state index in [9.17, 15) is 0 Å². The van der Waals surface area contributed by atoms with Gasteiger partial charge >= 0.3 is 0 Å². The Hall–Kier alpha value is -1.13. The summed E-state index contributed by atoms with van der Waals surface area (Å²) >= 11 is 0. The first kappa shape index (κ1) is 15.3. The van der Waals surface area contributed by atoms with E-state index in [0.717, 1.165) is 32.1 Å². The molecular formula is C16H27N3O. The highest BCUT2D eigenvalue weighted by molar-refractivity contribution is 5.17. The van der Waals surface area contributed by atoms with E-state index in [-0.39, 0.29) is 0 Å². The lowest BCUT2D eigenvalue weighted by molar-refractivity contribution is 0.247. The van der Waals surface area contributed by atoms with Gasteiger partial charge in [0, 0.05) is 31.4 Å². The minimum Gasteiger partial charge on any atom is -0.481 e. The van der Waals surface area contributed by atoms with E-state index in [1.54, 1.807) is 7.11 Å². The molecule has 20 heavy (non-hydrogen) atoms. The lowest BCUT2D eigenvalue weighted by Crippen LogP contribution is -2.38. The number of pyridine rings is 1. The van der Waals surface area contributed by atoms with Crippen LogP contribution in [0.15, 0.2) is 18.3 Å². The Morgan fingerprint density at radius 2 is 2.30 bits per heavy atom. The molecule has 2 rings (SSSR count). The van der Waals surface area contributed by atoms with Gasteiger partial charge in [-0.2, -0.15) is 0 Å². The maximum absolute atomic E-state index is 5.11. The van der Waals surface area contributed by atoms with Crippen molar-refractivity contribution in [2.75, 3.05) is 26.7 Å². The van der Waals surface area contributed by atoms with Gasteiger partial charge < -0.3 is 10.1 Å². The van der Waals surface area contributed by atoms with Crippen LogP contribution < -0.4 is 10.1 Å².